The lowest BCUT2D eigenvalue weighted by molar-refractivity contribution is -0.131. The van der Waals surface area contributed by atoms with Crippen LogP contribution in [-0.4, -0.2) is 36.4 Å². The molecule has 0 saturated heterocycles. The molecule has 2 heterocycles. The van der Waals surface area contributed by atoms with E-state index in [2.05, 4.69) is 4.98 Å². The van der Waals surface area contributed by atoms with Gasteiger partial charge in [0.05, 0.1) is 17.9 Å². The van der Waals surface area contributed by atoms with Crippen molar-refractivity contribution in [1.82, 2.24) is 9.55 Å². The molecule has 4 aromatic rings. The van der Waals surface area contributed by atoms with Crippen molar-refractivity contribution in [3.05, 3.63) is 76.8 Å². The second kappa shape index (κ2) is 10.1. The zero-order valence-electron chi connectivity index (χ0n) is 20.1. The number of pyridine rings is 1. The summed E-state index contributed by atoms with van der Waals surface area (Å²) in [5, 5.41) is 0.412. The first kappa shape index (κ1) is 27.2. The molecule has 0 radical (unpaired) electrons. The van der Waals surface area contributed by atoms with Crippen LogP contribution in [0.25, 0.3) is 22.0 Å². The monoisotopic (exact) mass is 555 g/mol. The number of anilines is 1. The minimum absolute atomic E-state index is 0.00919. The Morgan fingerprint density at radius 3 is 2.39 bits per heavy atom. The van der Waals surface area contributed by atoms with Crippen molar-refractivity contribution in [2.24, 2.45) is 7.05 Å². The topological polar surface area (TPSA) is 84.4 Å². The SMILES string of the molecule is CCS(=O)(=O)N(CCC(F)(F)F)c1ccc(Oc2ccc(F)cc2F)c(-c2cn(C)c(=O)c3[nH]ccc23)c1. The summed E-state index contributed by atoms with van der Waals surface area (Å²) in [6.07, 6.45) is -3.04. The quantitative estimate of drug-likeness (QED) is 0.282. The Balaban J connectivity index is 1.94. The van der Waals surface area contributed by atoms with Crippen LogP contribution in [0, 0.1) is 11.6 Å². The Bertz CT molecular complexity index is 1660. The van der Waals surface area contributed by atoms with E-state index in [0.29, 0.717) is 21.3 Å². The third-order valence-corrected chi connectivity index (χ3v) is 7.64. The van der Waals surface area contributed by atoms with Gasteiger partial charge in [-0.15, -0.1) is 0 Å². The molecule has 13 heteroatoms. The highest BCUT2D eigenvalue weighted by atomic mass is 32.2. The van der Waals surface area contributed by atoms with Gasteiger partial charge in [0.2, 0.25) is 10.0 Å². The maximum atomic E-state index is 14.4. The zero-order chi connectivity index (χ0) is 27.8. The van der Waals surface area contributed by atoms with Crippen LogP contribution in [0.5, 0.6) is 11.5 Å². The minimum atomic E-state index is -4.61. The summed E-state index contributed by atoms with van der Waals surface area (Å²) in [5.41, 5.74) is 0.277. The first-order valence-corrected chi connectivity index (χ1v) is 12.9. The lowest BCUT2D eigenvalue weighted by Gasteiger charge is -2.26. The Morgan fingerprint density at radius 2 is 1.74 bits per heavy atom. The second-order valence-electron chi connectivity index (χ2n) is 8.42. The molecule has 38 heavy (non-hydrogen) atoms. The normalized spacial score (nSPS) is 12.2. The van der Waals surface area contributed by atoms with Crippen LogP contribution in [-0.2, 0) is 17.1 Å². The number of alkyl halides is 3. The molecule has 2 aromatic carbocycles. The predicted octanol–water partition coefficient (Wildman–Crippen LogP) is 5.71. The Labute approximate surface area is 214 Å². The molecule has 4 rings (SSSR count). The van der Waals surface area contributed by atoms with Gasteiger partial charge in [-0.05, 0) is 43.3 Å². The van der Waals surface area contributed by atoms with Gasteiger partial charge >= 0.3 is 6.18 Å². The van der Waals surface area contributed by atoms with E-state index in [1.165, 1.54) is 49.1 Å². The number of halogens is 5. The molecule has 0 aliphatic heterocycles. The van der Waals surface area contributed by atoms with Gasteiger partial charge in [-0.3, -0.25) is 9.10 Å². The zero-order valence-corrected chi connectivity index (χ0v) is 21.0. The number of nitrogens with zero attached hydrogens (tertiary/aromatic N) is 2. The average Bonchev–Trinajstić information content (AvgIpc) is 3.33. The third-order valence-electron chi connectivity index (χ3n) is 5.85. The molecule has 0 amide bonds. The van der Waals surface area contributed by atoms with E-state index in [9.17, 15) is 35.2 Å². The highest BCUT2D eigenvalue weighted by Crippen LogP contribution is 2.40. The van der Waals surface area contributed by atoms with Crippen molar-refractivity contribution < 1.29 is 35.1 Å². The summed E-state index contributed by atoms with van der Waals surface area (Å²) in [6.45, 7) is 0.445. The first-order chi connectivity index (χ1) is 17.8. The number of H-pyrrole nitrogens is 1. The highest BCUT2D eigenvalue weighted by molar-refractivity contribution is 7.92. The smallest absolute Gasteiger partial charge is 0.390 e. The van der Waals surface area contributed by atoms with Crippen molar-refractivity contribution in [2.45, 2.75) is 19.5 Å². The number of fused-ring (bicyclic) bond motifs is 1. The fraction of sp³-hybridized carbons (Fsp3) is 0.240. The number of sulfonamides is 1. The molecule has 0 saturated carbocycles. The number of aryl methyl sites for hydroxylation is 1. The number of rotatable bonds is 8. The van der Waals surface area contributed by atoms with Gasteiger partial charge < -0.3 is 14.3 Å². The molecule has 0 aliphatic rings. The molecule has 1 N–H and O–H groups in total. The fourth-order valence-electron chi connectivity index (χ4n) is 3.95. The Morgan fingerprint density at radius 1 is 1.03 bits per heavy atom. The number of ether oxygens (including phenoxy) is 1. The molecule has 0 fully saturated rings. The third kappa shape index (κ3) is 5.52. The molecule has 0 aliphatic carbocycles. The lowest BCUT2D eigenvalue weighted by Crippen LogP contribution is -2.35. The van der Waals surface area contributed by atoms with Crippen molar-refractivity contribution in [3.63, 3.8) is 0 Å². The van der Waals surface area contributed by atoms with Crippen molar-refractivity contribution in [3.8, 4) is 22.6 Å². The summed E-state index contributed by atoms with van der Waals surface area (Å²) in [6, 6.07) is 8.06. The first-order valence-electron chi connectivity index (χ1n) is 11.3. The second-order valence-corrected chi connectivity index (χ2v) is 10.6. The fourth-order valence-corrected chi connectivity index (χ4v) is 5.06. The van der Waals surface area contributed by atoms with E-state index in [-0.39, 0.29) is 33.8 Å². The van der Waals surface area contributed by atoms with E-state index in [1.54, 1.807) is 6.07 Å². The van der Waals surface area contributed by atoms with E-state index in [0.717, 1.165) is 12.1 Å². The van der Waals surface area contributed by atoms with Crippen LogP contribution in [0.4, 0.5) is 27.6 Å². The summed E-state index contributed by atoms with van der Waals surface area (Å²) in [4.78, 5) is 15.4. The Kier molecular flexibility index (Phi) is 7.24. The summed E-state index contributed by atoms with van der Waals surface area (Å²) >= 11 is 0. The standard InChI is InChI=1S/C25H22F5N3O4S/c1-3-38(35,36)33(11-9-25(28,29)30)16-5-7-21(37-22-6-4-15(26)12-20(22)27)18(13-16)19-14-32(2)24(34)23-17(19)8-10-31-23/h4-8,10,12-14,31H,3,9,11H2,1-2H3. The molecule has 0 unspecified atom stereocenters. The van der Waals surface area contributed by atoms with Gasteiger partial charge in [-0.1, -0.05) is 0 Å². The van der Waals surface area contributed by atoms with E-state index >= 15 is 0 Å². The van der Waals surface area contributed by atoms with Crippen LogP contribution < -0.4 is 14.6 Å². The molecule has 0 atom stereocenters. The predicted molar refractivity (Wildman–Crippen MR) is 133 cm³/mol. The number of aromatic nitrogens is 2. The van der Waals surface area contributed by atoms with Crippen LogP contribution in [0.15, 0.2) is 59.7 Å². The van der Waals surface area contributed by atoms with Crippen molar-refractivity contribution in [2.75, 3.05) is 16.6 Å². The van der Waals surface area contributed by atoms with Crippen molar-refractivity contribution >= 4 is 26.6 Å². The maximum Gasteiger partial charge on any atom is 0.390 e. The van der Waals surface area contributed by atoms with Gasteiger partial charge in [-0.25, -0.2) is 17.2 Å². The average molecular weight is 556 g/mol. The number of aromatic amines is 1. The van der Waals surface area contributed by atoms with E-state index in [1.807, 2.05) is 0 Å². The summed E-state index contributed by atoms with van der Waals surface area (Å²) in [5.74, 6) is -2.65. The number of hydrogen-bond acceptors (Lipinski definition) is 4. The maximum absolute atomic E-state index is 14.4. The lowest BCUT2D eigenvalue weighted by atomic mass is 10.0. The molecule has 202 valence electrons. The molecule has 0 spiro atoms. The van der Waals surface area contributed by atoms with Crippen molar-refractivity contribution in [1.29, 1.82) is 0 Å². The number of nitrogens with one attached hydrogen (secondary N) is 1. The minimum Gasteiger partial charge on any atom is -0.454 e. The highest BCUT2D eigenvalue weighted by Gasteiger charge is 2.31. The van der Waals surface area contributed by atoms with Gasteiger partial charge in [0.25, 0.3) is 5.56 Å². The van der Waals surface area contributed by atoms with Gasteiger partial charge in [0.1, 0.15) is 17.1 Å². The van der Waals surface area contributed by atoms with Crippen LogP contribution in [0.2, 0.25) is 0 Å². The molecule has 0 bridgehead atoms. The summed E-state index contributed by atoms with van der Waals surface area (Å²) < 4.78 is 100. The van der Waals surface area contributed by atoms with Crippen LogP contribution >= 0.6 is 0 Å². The molecular formula is C25H22F5N3O4S. The van der Waals surface area contributed by atoms with E-state index < -0.39 is 46.6 Å². The number of hydrogen-bond donors (Lipinski definition) is 1. The Hall–Kier alpha value is -3.87. The van der Waals surface area contributed by atoms with Gasteiger partial charge in [0.15, 0.2) is 11.6 Å². The van der Waals surface area contributed by atoms with E-state index in [4.69, 9.17) is 4.74 Å². The summed E-state index contributed by atoms with van der Waals surface area (Å²) in [7, 11) is -2.66. The van der Waals surface area contributed by atoms with Gasteiger partial charge in [0, 0.05) is 48.6 Å². The van der Waals surface area contributed by atoms with Gasteiger partial charge in [-0.2, -0.15) is 13.2 Å². The van der Waals surface area contributed by atoms with Crippen LogP contribution in [0.3, 0.4) is 0 Å². The molecule has 2 aromatic heterocycles. The van der Waals surface area contributed by atoms with Crippen LogP contribution in [0.1, 0.15) is 13.3 Å². The molecule has 7 nitrogen and oxygen atoms in total. The molecular weight excluding hydrogens is 533 g/mol. The number of benzene rings is 2. The largest absolute Gasteiger partial charge is 0.454 e.